The number of aromatic nitrogens is 3. The van der Waals surface area contributed by atoms with E-state index in [0.717, 1.165) is 25.7 Å². The molecule has 0 atom stereocenters. The molecular formula is C9H14F2N4. The van der Waals surface area contributed by atoms with E-state index in [1.54, 1.807) is 4.68 Å². The highest BCUT2D eigenvalue weighted by Gasteiger charge is 2.22. The number of nitrogens with two attached hydrogens (primary N) is 1. The van der Waals surface area contributed by atoms with Crippen molar-refractivity contribution in [2.24, 2.45) is 5.73 Å². The van der Waals surface area contributed by atoms with Gasteiger partial charge in [-0.1, -0.05) is 5.21 Å². The van der Waals surface area contributed by atoms with E-state index >= 15 is 0 Å². The maximum atomic E-state index is 12.3. The van der Waals surface area contributed by atoms with Gasteiger partial charge in [-0.15, -0.1) is 5.10 Å². The molecule has 6 heteroatoms. The van der Waals surface area contributed by atoms with Crippen molar-refractivity contribution in [3.8, 4) is 0 Å². The molecular weight excluding hydrogens is 202 g/mol. The fourth-order valence-corrected chi connectivity index (χ4v) is 1.94. The first-order chi connectivity index (χ1) is 7.16. The van der Waals surface area contributed by atoms with E-state index in [4.69, 9.17) is 5.73 Å². The van der Waals surface area contributed by atoms with Crippen LogP contribution in [0, 0.1) is 0 Å². The third-order valence-corrected chi connectivity index (χ3v) is 2.87. The summed E-state index contributed by atoms with van der Waals surface area (Å²) in [4.78, 5) is 0. The third kappa shape index (κ3) is 2.31. The average molecular weight is 216 g/mol. The molecule has 1 heterocycles. The smallest absolute Gasteiger partial charge is 0.283 e. The minimum absolute atomic E-state index is 0.185. The Morgan fingerprint density at radius 2 is 2.00 bits per heavy atom. The number of halogens is 2. The van der Waals surface area contributed by atoms with E-state index in [2.05, 4.69) is 10.3 Å². The van der Waals surface area contributed by atoms with E-state index in [1.165, 1.54) is 6.20 Å². The van der Waals surface area contributed by atoms with Crippen LogP contribution in [0.15, 0.2) is 6.20 Å². The van der Waals surface area contributed by atoms with Crippen LogP contribution in [0.5, 0.6) is 0 Å². The van der Waals surface area contributed by atoms with Crippen molar-refractivity contribution >= 4 is 0 Å². The Balaban J connectivity index is 2.03. The average Bonchev–Trinajstić information content (AvgIpc) is 2.68. The Bertz CT molecular complexity index is 318. The summed E-state index contributed by atoms with van der Waals surface area (Å²) in [6.45, 7) is 0. The van der Waals surface area contributed by atoms with E-state index in [0.29, 0.717) is 0 Å². The fourth-order valence-electron chi connectivity index (χ4n) is 1.94. The predicted octanol–water partition coefficient (Wildman–Crippen LogP) is 1.66. The minimum atomic E-state index is -2.54. The lowest BCUT2D eigenvalue weighted by Gasteiger charge is -2.25. The Hall–Kier alpha value is -1.04. The summed E-state index contributed by atoms with van der Waals surface area (Å²) < 4.78 is 26.1. The van der Waals surface area contributed by atoms with Gasteiger partial charge < -0.3 is 5.73 Å². The minimum Gasteiger partial charge on any atom is -0.328 e. The van der Waals surface area contributed by atoms with Crippen LogP contribution >= 0.6 is 0 Å². The SMILES string of the molecule is N[C@H]1CC[C@H](n2cc(C(F)F)nn2)CC1. The number of hydrogen-bond acceptors (Lipinski definition) is 3. The lowest BCUT2D eigenvalue weighted by molar-refractivity contribution is 0.146. The zero-order valence-corrected chi connectivity index (χ0v) is 8.31. The monoisotopic (exact) mass is 216 g/mol. The van der Waals surface area contributed by atoms with Crippen molar-refractivity contribution < 1.29 is 8.78 Å². The highest BCUT2D eigenvalue weighted by atomic mass is 19.3. The molecule has 2 N–H and O–H groups in total. The topological polar surface area (TPSA) is 56.7 Å². The van der Waals surface area contributed by atoms with Gasteiger partial charge in [-0.3, -0.25) is 0 Å². The molecule has 1 aromatic rings. The maximum absolute atomic E-state index is 12.3. The lowest BCUT2D eigenvalue weighted by atomic mass is 9.92. The van der Waals surface area contributed by atoms with Gasteiger partial charge >= 0.3 is 0 Å². The highest BCUT2D eigenvalue weighted by Crippen LogP contribution is 2.27. The zero-order valence-electron chi connectivity index (χ0n) is 8.31. The van der Waals surface area contributed by atoms with Gasteiger partial charge in [0.25, 0.3) is 6.43 Å². The van der Waals surface area contributed by atoms with E-state index < -0.39 is 6.43 Å². The van der Waals surface area contributed by atoms with E-state index in [-0.39, 0.29) is 17.8 Å². The molecule has 0 spiro atoms. The highest BCUT2D eigenvalue weighted by molar-refractivity contribution is 4.95. The first-order valence-corrected chi connectivity index (χ1v) is 5.12. The Morgan fingerprint density at radius 3 is 2.53 bits per heavy atom. The van der Waals surface area contributed by atoms with Crippen LogP contribution in [-0.4, -0.2) is 21.0 Å². The van der Waals surface area contributed by atoms with Crippen LogP contribution in [-0.2, 0) is 0 Å². The van der Waals surface area contributed by atoms with Gasteiger partial charge in [0.1, 0.15) is 5.69 Å². The molecule has 0 saturated heterocycles. The second kappa shape index (κ2) is 4.22. The molecule has 0 aliphatic heterocycles. The van der Waals surface area contributed by atoms with Crippen LogP contribution in [0.4, 0.5) is 8.78 Å². The first kappa shape index (κ1) is 10.5. The summed E-state index contributed by atoms with van der Waals surface area (Å²) in [6, 6.07) is 0.434. The van der Waals surface area contributed by atoms with Gasteiger partial charge in [0.2, 0.25) is 0 Å². The normalized spacial score (nSPS) is 27.2. The molecule has 1 saturated carbocycles. The van der Waals surface area contributed by atoms with Gasteiger partial charge in [0.15, 0.2) is 0 Å². The molecule has 0 amide bonds. The Kier molecular flexibility index (Phi) is 2.95. The van der Waals surface area contributed by atoms with Gasteiger partial charge in [-0.25, -0.2) is 13.5 Å². The van der Waals surface area contributed by atoms with Crippen molar-refractivity contribution in [3.63, 3.8) is 0 Å². The maximum Gasteiger partial charge on any atom is 0.283 e. The number of alkyl halides is 2. The summed E-state index contributed by atoms with van der Waals surface area (Å²) in [5, 5.41) is 7.17. The first-order valence-electron chi connectivity index (χ1n) is 5.12. The largest absolute Gasteiger partial charge is 0.328 e. The van der Waals surface area contributed by atoms with Crippen molar-refractivity contribution in [1.29, 1.82) is 0 Å². The molecule has 1 aliphatic carbocycles. The van der Waals surface area contributed by atoms with Crippen LogP contribution in [0.2, 0.25) is 0 Å². The Morgan fingerprint density at radius 1 is 1.33 bits per heavy atom. The quantitative estimate of drug-likeness (QED) is 0.817. The van der Waals surface area contributed by atoms with Crippen LogP contribution in [0.1, 0.15) is 43.8 Å². The van der Waals surface area contributed by atoms with Gasteiger partial charge in [-0.05, 0) is 25.7 Å². The van der Waals surface area contributed by atoms with Crippen molar-refractivity contribution in [2.75, 3.05) is 0 Å². The Labute approximate surface area is 86.4 Å². The number of hydrogen-bond donors (Lipinski definition) is 1. The summed E-state index contributed by atoms with van der Waals surface area (Å²) >= 11 is 0. The van der Waals surface area contributed by atoms with Gasteiger partial charge in [0, 0.05) is 6.04 Å². The molecule has 84 valence electrons. The van der Waals surface area contributed by atoms with Crippen molar-refractivity contribution in [3.05, 3.63) is 11.9 Å². The summed E-state index contributed by atoms with van der Waals surface area (Å²) in [6.07, 6.45) is 2.44. The lowest BCUT2D eigenvalue weighted by Crippen LogP contribution is -2.28. The van der Waals surface area contributed by atoms with Crippen LogP contribution < -0.4 is 5.73 Å². The molecule has 1 fully saturated rings. The standard InChI is InChI=1S/C9H14F2N4/c10-9(11)8-5-15(14-13-8)7-3-1-6(12)2-4-7/h5-7,9H,1-4,12H2/t6-,7-. The van der Waals surface area contributed by atoms with Crippen molar-refractivity contribution in [1.82, 2.24) is 15.0 Å². The molecule has 0 radical (unpaired) electrons. The summed E-state index contributed by atoms with van der Waals surface area (Å²) in [5.41, 5.74) is 5.52. The molecule has 1 aliphatic rings. The molecule has 0 unspecified atom stereocenters. The fraction of sp³-hybridized carbons (Fsp3) is 0.778. The zero-order chi connectivity index (χ0) is 10.8. The van der Waals surface area contributed by atoms with E-state index in [1.807, 2.05) is 0 Å². The van der Waals surface area contributed by atoms with E-state index in [9.17, 15) is 8.78 Å². The van der Waals surface area contributed by atoms with Crippen LogP contribution in [0.25, 0.3) is 0 Å². The molecule has 1 aromatic heterocycles. The molecule has 2 rings (SSSR count). The predicted molar refractivity (Wildman–Crippen MR) is 50.5 cm³/mol. The summed E-state index contributed by atoms with van der Waals surface area (Å²) in [7, 11) is 0. The van der Waals surface area contributed by atoms with Crippen molar-refractivity contribution in [2.45, 2.75) is 44.2 Å². The van der Waals surface area contributed by atoms with Crippen LogP contribution in [0.3, 0.4) is 0 Å². The molecule has 4 nitrogen and oxygen atoms in total. The number of nitrogens with zero attached hydrogens (tertiary/aromatic N) is 3. The third-order valence-electron chi connectivity index (χ3n) is 2.87. The second-order valence-corrected chi connectivity index (χ2v) is 3.99. The summed E-state index contributed by atoms with van der Waals surface area (Å²) in [5.74, 6) is 0. The molecule has 15 heavy (non-hydrogen) atoms. The van der Waals surface area contributed by atoms with Gasteiger partial charge in [0.05, 0.1) is 12.2 Å². The van der Waals surface area contributed by atoms with Gasteiger partial charge in [-0.2, -0.15) is 0 Å². The second-order valence-electron chi connectivity index (χ2n) is 3.99. The molecule has 0 bridgehead atoms. The molecule has 0 aromatic carbocycles. The number of rotatable bonds is 2.